The van der Waals surface area contributed by atoms with Crippen LogP contribution in [0.4, 0.5) is 26.3 Å². The van der Waals surface area contributed by atoms with E-state index >= 15 is 0 Å². The quantitative estimate of drug-likeness (QED) is 0.113. The van der Waals surface area contributed by atoms with Crippen LogP contribution in [-0.2, 0) is 22.6 Å². The largest absolute Gasteiger partial charge is 0.480 e. The van der Waals surface area contributed by atoms with Gasteiger partial charge in [0.05, 0.1) is 60.9 Å². The van der Waals surface area contributed by atoms with Gasteiger partial charge in [0, 0.05) is 53.1 Å². The molecule has 3 heterocycles. The maximum atomic E-state index is 12.8. The molecule has 2 aliphatic rings. The first-order valence-electron chi connectivity index (χ1n) is 18.6. The summed E-state index contributed by atoms with van der Waals surface area (Å²) in [5.41, 5.74) is 4.16. The molecular weight excluding hydrogens is 813 g/mol. The van der Waals surface area contributed by atoms with Crippen molar-refractivity contribution < 1.29 is 45.4 Å². The summed E-state index contributed by atoms with van der Waals surface area (Å²) in [6, 6.07) is 10.4. The van der Waals surface area contributed by atoms with E-state index in [1.165, 1.54) is 14.2 Å². The van der Waals surface area contributed by atoms with Crippen LogP contribution in [0, 0.1) is 17.8 Å². The smallest absolute Gasteiger partial charge is 0.389 e. The van der Waals surface area contributed by atoms with E-state index in [4.69, 9.17) is 32.7 Å². The van der Waals surface area contributed by atoms with Crippen LogP contribution in [0.5, 0.6) is 11.8 Å². The van der Waals surface area contributed by atoms with Crippen LogP contribution in [0.15, 0.2) is 48.8 Å². The van der Waals surface area contributed by atoms with Crippen LogP contribution in [-0.4, -0.2) is 70.8 Å². The van der Waals surface area contributed by atoms with Gasteiger partial charge >= 0.3 is 12.4 Å². The summed E-state index contributed by atoms with van der Waals surface area (Å²) in [5, 5.41) is 6.52. The number of carbonyl (C=O) groups is 2. The standard InChI is InChI=1S/C40H40Cl2F6N6O4/c1-57-37-29(11-3-6-24-14-23(36(56)52-24)16-40(46,47)48)50-19-30(53-37)27-9-4-7-25(34(27)41)26-8-5-10-28(35(26)42)31-20-51-32(38(54-31)58-2)18-49-17-21-12-22(33(55)13-21)15-39(43,44)45/h4-5,7-10,19-24,49H,3,6,11-18H2,1-2H3,(H,52,56)/t21-,22+,23+,24-/m1/s1. The van der Waals surface area contributed by atoms with E-state index in [0.717, 1.165) is 0 Å². The SMILES string of the molecule is COc1nc(-c2cccc(-c3cccc(-c4cnc(CNC[C@H]5CC(=O)[C@H](CC(F)(F)F)C5)c(OC)n4)c3Cl)c2Cl)cnc1CCC[C@@H]1C[C@@H](CC(F)(F)F)C(=O)N1. The van der Waals surface area contributed by atoms with E-state index in [1.54, 1.807) is 48.8 Å². The van der Waals surface area contributed by atoms with Crippen molar-refractivity contribution in [3.63, 3.8) is 0 Å². The van der Waals surface area contributed by atoms with Crippen molar-refractivity contribution in [2.75, 3.05) is 20.8 Å². The Morgan fingerprint density at radius 1 is 0.776 bits per heavy atom. The molecule has 2 aromatic heterocycles. The highest BCUT2D eigenvalue weighted by Crippen LogP contribution is 2.42. The Kier molecular flexibility index (Phi) is 13.5. The lowest BCUT2D eigenvalue weighted by molar-refractivity contribution is -0.151. The molecule has 1 amide bonds. The van der Waals surface area contributed by atoms with Crippen molar-refractivity contribution in [2.45, 2.75) is 76.3 Å². The Labute approximate surface area is 340 Å². The Morgan fingerprint density at radius 2 is 1.31 bits per heavy atom. The zero-order chi connectivity index (χ0) is 41.8. The number of halogens is 8. The van der Waals surface area contributed by atoms with Crippen LogP contribution >= 0.6 is 23.2 Å². The number of rotatable bonds is 15. The number of nitrogens with zero attached hydrogens (tertiary/aromatic N) is 4. The van der Waals surface area contributed by atoms with Gasteiger partial charge in [-0.3, -0.25) is 19.6 Å². The number of nitrogens with one attached hydrogen (secondary N) is 2. The van der Waals surface area contributed by atoms with Crippen molar-refractivity contribution in [3.8, 4) is 45.4 Å². The number of methoxy groups -OCH3 is 2. The number of carbonyl (C=O) groups excluding carboxylic acids is 2. The Hall–Kier alpha value is -4.54. The number of alkyl halides is 6. The van der Waals surface area contributed by atoms with Crippen molar-refractivity contribution in [2.24, 2.45) is 17.8 Å². The van der Waals surface area contributed by atoms with Gasteiger partial charge in [0.1, 0.15) is 17.2 Å². The fraction of sp³-hybridized carbons (Fsp3) is 0.450. The molecule has 18 heteroatoms. The van der Waals surface area contributed by atoms with E-state index in [2.05, 4.69) is 30.6 Å². The predicted octanol–water partition coefficient (Wildman–Crippen LogP) is 9.01. The van der Waals surface area contributed by atoms with Gasteiger partial charge in [-0.2, -0.15) is 26.3 Å². The molecule has 58 heavy (non-hydrogen) atoms. The van der Waals surface area contributed by atoms with Crippen molar-refractivity contribution in [1.82, 2.24) is 30.6 Å². The molecule has 4 atom stereocenters. The molecule has 0 bridgehead atoms. The van der Waals surface area contributed by atoms with Crippen molar-refractivity contribution in [1.29, 1.82) is 0 Å². The molecule has 4 aromatic rings. The monoisotopic (exact) mass is 852 g/mol. The molecule has 1 saturated carbocycles. The third-order valence-electron chi connectivity index (χ3n) is 10.3. The first kappa shape index (κ1) is 43.0. The molecule has 310 valence electrons. The Morgan fingerprint density at radius 3 is 1.88 bits per heavy atom. The number of aromatic nitrogens is 4. The second kappa shape index (κ2) is 18.2. The van der Waals surface area contributed by atoms with E-state index in [9.17, 15) is 35.9 Å². The molecule has 0 spiro atoms. The number of hydrogen-bond donors (Lipinski definition) is 2. The minimum atomic E-state index is -4.40. The van der Waals surface area contributed by atoms with Crippen LogP contribution < -0.4 is 20.1 Å². The minimum absolute atomic E-state index is 0.0960. The average Bonchev–Trinajstić information content (AvgIpc) is 3.69. The summed E-state index contributed by atoms with van der Waals surface area (Å²) < 4.78 is 88.1. The minimum Gasteiger partial charge on any atom is -0.480 e. The lowest BCUT2D eigenvalue weighted by atomic mass is 9.98. The fourth-order valence-corrected chi connectivity index (χ4v) is 8.28. The first-order chi connectivity index (χ1) is 27.5. The molecular formula is C40H40Cl2F6N6O4. The summed E-state index contributed by atoms with van der Waals surface area (Å²) in [4.78, 5) is 42.6. The third kappa shape index (κ3) is 10.5. The van der Waals surface area contributed by atoms with Gasteiger partial charge in [-0.1, -0.05) is 59.6 Å². The van der Waals surface area contributed by atoms with Crippen molar-refractivity contribution in [3.05, 3.63) is 70.2 Å². The zero-order valence-corrected chi connectivity index (χ0v) is 33.0. The number of hydrogen-bond acceptors (Lipinski definition) is 9. The van der Waals surface area contributed by atoms with E-state index in [0.29, 0.717) is 80.9 Å². The fourth-order valence-electron chi connectivity index (χ4n) is 7.63. The van der Waals surface area contributed by atoms with Crippen LogP contribution in [0.1, 0.15) is 56.3 Å². The zero-order valence-electron chi connectivity index (χ0n) is 31.4. The molecule has 10 nitrogen and oxygen atoms in total. The van der Waals surface area contributed by atoms with Gasteiger partial charge in [-0.15, -0.1) is 0 Å². The van der Waals surface area contributed by atoms with Gasteiger partial charge in [0.15, 0.2) is 0 Å². The van der Waals surface area contributed by atoms with Crippen LogP contribution in [0.2, 0.25) is 10.0 Å². The van der Waals surface area contributed by atoms with Gasteiger partial charge in [0.2, 0.25) is 17.7 Å². The van der Waals surface area contributed by atoms with Gasteiger partial charge in [0.25, 0.3) is 0 Å². The topological polar surface area (TPSA) is 128 Å². The lowest BCUT2D eigenvalue weighted by Gasteiger charge is -2.15. The molecule has 2 N–H and O–H groups in total. The van der Waals surface area contributed by atoms with E-state index in [-0.39, 0.29) is 55.3 Å². The third-order valence-corrected chi connectivity index (χ3v) is 11.2. The highest BCUT2D eigenvalue weighted by molar-refractivity contribution is 6.39. The van der Waals surface area contributed by atoms with Gasteiger partial charge < -0.3 is 20.1 Å². The Bertz CT molecular complexity index is 1990. The Balaban J connectivity index is 1.13. The second-order valence-electron chi connectivity index (χ2n) is 14.5. The molecule has 6 rings (SSSR count). The molecule has 1 saturated heterocycles. The molecule has 1 aliphatic heterocycles. The summed E-state index contributed by atoms with van der Waals surface area (Å²) in [7, 11) is 2.90. The summed E-state index contributed by atoms with van der Waals surface area (Å²) in [6.45, 7) is 0.551. The maximum absolute atomic E-state index is 12.8. The first-order valence-corrected chi connectivity index (χ1v) is 19.3. The normalized spacial score (nSPS) is 19.8. The summed E-state index contributed by atoms with van der Waals surface area (Å²) in [6.07, 6.45) is -6.07. The second-order valence-corrected chi connectivity index (χ2v) is 15.3. The van der Waals surface area contributed by atoms with Crippen LogP contribution in [0.3, 0.4) is 0 Å². The van der Waals surface area contributed by atoms with E-state index in [1.807, 2.05) is 0 Å². The molecule has 0 unspecified atom stereocenters. The molecule has 0 radical (unpaired) electrons. The highest BCUT2D eigenvalue weighted by Gasteiger charge is 2.41. The number of benzene rings is 2. The molecule has 2 aromatic carbocycles. The molecule has 1 aliphatic carbocycles. The lowest BCUT2D eigenvalue weighted by Crippen LogP contribution is -2.27. The summed E-state index contributed by atoms with van der Waals surface area (Å²) in [5.74, 6) is -2.74. The number of ether oxygens (including phenoxy) is 2. The highest BCUT2D eigenvalue weighted by atomic mass is 35.5. The average molecular weight is 854 g/mol. The van der Waals surface area contributed by atoms with Gasteiger partial charge in [-0.25, -0.2) is 9.97 Å². The van der Waals surface area contributed by atoms with E-state index < -0.39 is 42.9 Å². The number of aryl methyl sites for hydroxylation is 1. The number of Topliss-reactive ketones (excluding diaryl/α,β-unsaturated/α-hetero) is 1. The molecule has 2 fully saturated rings. The number of ketones is 1. The summed E-state index contributed by atoms with van der Waals surface area (Å²) >= 11 is 14.0. The predicted molar refractivity (Wildman–Crippen MR) is 204 cm³/mol. The maximum Gasteiger partial charge on any atom is 0.389 e. The van der Waals surface area contributed by atoms with Gasteiger partial charge in [-0.05, 0) is 44.6 Å². The van der Waals surface area contributed by atoms with Crippen LogP contribution in [0.25, 0.3) is 33.6 Å². The number of amides is 1. The van der Waals surface area contributed by atoms with Crippen molar-refractivity contribution >= 4 is 34.9 Å².